The molecule has 3 N–H and O–H groups in total. The molecular formula is C23H23FN4O5S. The van der Waals surface area contributed by atoms with Crippen LogP contribution in [0, 0.1) is 5.82 Å². The molecule has 11 heteroatoms. The van der Waals surface area contributed by atoms with Gasteiger partial charge in [-0.2, -0.15) is 0 Å². The maximum absolute atomic E-state index is 13.8. The number of carbonyl (C=O) groups excluding carboxylic acids is 4. The number of hydrogen-bond donors (Lipinski definition) is 3. The van der Waals surface area contributed by atoms with Crippen LogP contribution in [0.4, 0.5) is 19.7 Å². The van der Waals surface area contributed by atoms with Crippen LogP contribution in [0.15, 0.2) is 53.4 Å². The summed E-state index contributed by atoms with van der Waals surface area (Å²) in [4.78, 5) is 49.6. The molecule has 5 amide bonds. The number of hydrogen-bond acceptors (Lipinski definition) is 6. The molecule has 0 unspecified atom stereocenters. The van der Waals surface area contributed by atoms with Crippen molar-refractivity contribution in [1.29, 1.82) is 0 Å². The molecule has 34 heavy (non-hydrogen) atoms. The lowest BCUT2D eigenvalue weighted by Gasteiger charge is -2.13. The van der Waals surface area contributed by atoms with Gasteiger partial charge in [-0.1, -0.05) is 18.2 Å². The van der Waals surface area contributed by atoms with Gasteiger partial charge in [0.25, 0.3) is 11.1 Å². The number of methoxy groups -OCH3 is 1. The van der Waals surface area contributed by atoms with Gasteiger partial charge in [0.2, 0.25) is 5.91 Å². The van der Waals surface area contributed by atoms with E-state index in [0.717, 1.165) is 16.7 Å². The third kappa shape index (κ3) is 6.82. The van der Waals surface area contributed by atoms with E-state index in [0.29, 0.717) is 11.4 Å². The monoisotopic (exact) mass is 486 g/mol. The number of thioether (sulfide) groups is 1. The number of imide groups is 1. The molecule has 1 saturated heterocycles. The smallest absolute Gasteiger partial charge is 0.319 e. The Morgan fingerprint density at radius 3 is 2.50 bits per heavy atom. The second-order valence-electron chi connectivity index (χ2n) is 7.06. The van der Waals surface area contributed by atoms with Gasteiger partial charge in [-0.3, -0.25) is 19.3 Å². The third-order valence-corrected chi connectivity index (χ3v) is 5.62. The van der Waals surface area contributed by atoms with Crippen molar-refractivity contribution in [2.45, 2.75) is 6.42 Å². The first-order valence-electron chi connectivity index (χ1n) is 10.3. The predicted octanol–water partition coefficient (Wildman–Crippen LogP) is 3.20. The maximum atomic E-state index is 13.8. The Kier molecular flexibility index (Phi) is 8.63. The largest absolute Gasteiger partial charge is 0.497 e. The number of benzene rings is 2. The fourth-order valence-corrected chi connectivity index (χ4v) is 3.82. The van der Waals surface area contributed by atoms with Gasteiger partial charge in [0, 0.05) is 37.3 Å². The summed E-state index contributed by atoms with van der Waals surface area (Å²) >= 11 is 0.722. The molecule has 9 nitrogen and oxygen atoms in total. The van der Waals surface area contributed by atoms with Crippen molar-refractivity contribution in [2.75, 3.05) is 32.1 Å². The molecule has 178 valence electrons. The fourth-order valence-electron chi connectivity index (χ4n) is 2.96. The van der Waals surface area contributed by atoms with Crippen LogP contribution in [0.5, 0.6) is 5.75 Å². The minimum atomic E-state index is -0.538. The average Bonchev–Trinajstić information content (AvgIpc) is 3.08. The summed E-state index contributed by atoms with van der Waals surface area (Å²) in [6, 6.07) is 12.3. The molecule has 1 heterocycles. The van der Waals surface area contributed by atoms with Gasteiger partial charge in [0.1, 0.15) is 11.6 Å². The van der Waals surface area contributed by atoms with Crippen molar-refractivity contribution in [3.05, 3.63) is 64.8 Å². The molecule has 1 aliphatic rings. The van der Waals surface area contributed by atoms with E-state index in [1.807, 2.05) is 0 Å². The molecule has 0 radical (unpaired) electrons. The summed E-state index contributed by atoms with van der Waals surface area (Å²) in [5, 5.41) is 7.31. The van der Waals surface area contributed by atoms with Crippen LogP contribution in [-0.2, 0) is 9.59 Å². The minimum Gasteiger partial charge on any atom is -0.497 e. The molecule has 0 bridgehead atoms. The number of nitrogens with zero attached hydrogens (tertiary/aromatic N) is 1. The quantitative estimate of drug-likeness (QED) is 0.469. The number of halogens is 1. The van der Waals surface area contributed by atoms with Crippen molar-refractivity contribution in [2.24, 2.45) is 0 Å². The first-order chi connectivity index (χ1) is 16.4. The van der Waals surface area contributed by atoms with Crippen molar-refractivity contribution < 1.29 is 28.3 Å². The molecule has 0 aliphatic carbocycles. The van der Waals surface area contributed by atoms with E-state index in [2.05, 4.69) is 16.0 Å². The summed E-state index contributed by atoms with van der Waals surface area (Å²) in [5.41, 5.74) is 0.786. The van der Waals surface area contributed by atoms with Crippen molar-refractivity contribution in [3.8, 4) is 5.75 Å². The standard InChI is InChI=1S/C23H23FN4O5S/c1-33-17-8-6-16(7-9-17)27-22(31)26-11-10-20(29)25-12-13-28-21(30)19(34-23(28)32)14-15-4-2-3-5-18(15)24/h2-9,14H,10-13H2,1H3,(H,25,29)(H2,26,27,31)/b19-14-. The molecule has 0 atom stereocenters. The van der Waals surface area contributed by atoms with E-state index < -0.39 is 23.0 Å². The van der Waals surface area contributed by atoms with Gasteiger partial charge < -0.3 is 20.7 Å². The predicted molar refractivity (Wildman–Crippen MR) is 127 cm³/mol. The van der Waals surface area contributed by atoms with E-state index in [9.17, 15) is 23.6 Å². The zero-order valence-electron chi connectivity index (χ0n) is 18.3. The van der Waals surface area contributed by atoms with Crippen LogP contribution in [0.3, 0.4) is 0 Å². The average molecular weight is 487 g/mol. The van der Waals surface area contributed by atoms with Gasteiger partial charge in [-0.25, -0.2) is 9.18 Å². The van der Waals surface area contributed by atoms with Crippen molar-refractivity contribution >= 4 is 46.6 Å². The Hall–Kier alpha value is -3.86. The number of amides is 5. The summed E-state index contributed by atoms with van der Waals surface area (Å²) < 4.78 is 18.8. The third-order valence-electron chi connectivity index (χ3n) is 4.71. The zero-order chi connectivity index (χ0) is 24.5. The Labute approximate surface area is 199 Å². The zero-order valence-corrected chi connectivity index (χ0v) is 19.1. The lowest BCUT2D eigenvalue weighted by molar-refractivity contribution is -0.124. The molecule has 1 fully saturated rings. The van der Waals surface area contributed by atoms with Crippen LogP contribution in [0.2, 0.25) is 0 Å². The lowest BCUT2D eigenvalue weighted by Crippen LogP contribution is -2.38. The number of carbonyl (C=O) groups is 4. The Morgan fingerprint density at radius 1 is 1.06 bits per heavy atom. The molecule has 0 aromatic heterocycles. The lowest BCUT2D eigenvalue weighted by atomic mass is 10.2. The second kappa shape index (κ2) is 11.8. The van der Waals surface area contributed by atoms with E-state index in [-0.39, 0.29) is 42.4 Å². The van der Waals surface area contributed by atoms with Gasteiger partial charge in [-0.05, 0) is 48.2 Å². The SMILES string of the molecule is COc1ccc(NC(=O)NCCC(=O)NCCN2C(=O)S/C(=C\c3ccccc3F)C2=O)cc1. The Morgan fingerprint density at radius 2 is 1.79 bits per heavy atom. The van der Waals surface area contributed by atoms with Crippen molar-refractivity contribution in [3.63, 3.8) is 0 Å². The van der Waals surface area contributed by atoms with Crippen molar-refractivity contribution in [1.82, 2.24) is 15.5 Å². The maximum Gasteiger partial charge on any atom is 0.319 e. The highest BCUT2D eigenvalue weighted by Gasteiger charge is 2.34. The van der Waals surface area contributed by atoms with Gasteiger partial charge in [0.15, 0.2) is 0 Å². The normalized spacial score (nSPS) is 14.3. The van der Waals surface area contributed by atoms with Crippen LogP contribution in [0.1, 0.15) is 12.0 Å². The minimum absolute atomic E-state index is 0.0175. The first-order valence-corrected chi connectivity index (χ1v) is 11.1. The van der Waals surface area contributed by atoms with Crippen LogP contribution in [-0.4, -0.2) is 54.7 Å². The topological polar surface area (TPSA) is 117 Å². The Bertz CT molecular complexity index is 1110. The number of urea groups is 1. The highest BCUT2D eigenvalue weighted by atomic mass is 32.2. The van der Waals surface area contributed by atoms with E-state index in [4.69, 9.17) is 4.74 Å². The number of ether oxygens (including phenoxy) is 1. The molecule has 2 aromatic rings. The molecule has 0 saturated carbocycles. The van der Waals surface area contributed by atoms with E-state index in [1.54, 1.807) is 37.4 Å². The summed E-state index contributed by atoms with van der Waals surface area (Å²) in [5.74, 6) is -0.716. The summed E-state index contributed by atoms with van der Waals surface area (Å²) in [6.07, 6.45) is 1.35. The van der Waals surface area contributed by atoms with Gasteiger partial charge >= 0.3 is 6.03 Å². The summed E-state index contributed by atoms with van der Waals surface area (Å²) in [7, 11) is 1.54. The fraction of sp³-hybridized carbons (Fsp3) is 0.217. The van der Waals surface area contributed by atoms with Gasteiger partial charge in [-0.15, -0.1) is 0 Å². The molecule has 0 spiro atoms. The van der Waals surface area contributed by atoms with E-state index in [1.165, 1.54) is 24.3 Å². The van der Waals surface area contributed by atoms with E-state index >= 15 is 0 Å². The Balaban J connectivity index is 1.37. The molecule has 1 aliphatic heterocycles. The first kappa shape index (κ1) is 24.8. The molecular weight excluding hydrogens is 463 g/mol. The van der Waals surface area contributed by atoms with Crippen LogP contribution < -0.4 is 20.7 Å². The number of nitrogens with one attached hydrogen (secondary N) is 3. The highest BCUT2D eigenvalue weighted by Crippen LogP contribution is 2.32. The van der Waals surface area contributed by atoms with Crippen LogP contribution >= 0.6 is 11.8 Å². The highest BCUT2D eigenvalue weighted by molar-refractivity contribution is 8.18. The number of anilines is 1. The molecule has 2 aromatic carbocycles. The van der Waals surface area contributed by atoms with Gasteiger partial charge in [0.05, 0.1) is 12.0 Å². The number of rotatable bonds is 9. The summed E-state index contributed by atoms with van der Waals surface area (Å²) in [6.45, 7) is 0.138. The molecule has 3 rings (SSSR count). The second-order valence-corrected chi connectivity index (χ2v) is 8.06. The van der Waals surface area contributed by atoms with Crippen LogP contribution in [0.25, 0.3) is 6.08 Å².